The molecule has 0 unspecified atom stereocenters. The fourth-order valence-electron chi connectivity index (χ4n) is 2.46. The molecule has 0 aliphatic carbocycles. The quantitative estimate of drug-likeness (QED) is 0.669. The van der Waals surface area contributed by atoms with Crippen LogP contribution in [0.15, 0.2) is 42.5 Å². The number of H-pyrrole nitrogens is 1. The Hall–Kier alpha value is -2.75. The zero-order valence-electron chi connectivity index (χ0n) is 11.9. The number of benzene rings is 2. The second kappa shape index (κ2) is 4.98. The highest BCUT2D eigenvalue weighted by atomic mass is 16.3. The van der Waals surface area contributed by atoms with Gasteiger partial charge in [-0.25, -0.2) is 0 Å². The molecule has 0 saturated heterocycles. The Bertz CT molecular complexity index is 792. The van der Waals surface area contributed by atoms with E-state index in [2.05, 4.69) is 10.2 Å². The number of aromatic hydroxyl groups is 2. The highest BCUT2D eigenvalue weighted by Gasteiger charge is 2.18. The fraction of sp³-hybridized carbons (Fsp3) is 0.118. The van der Waals surface area contributed by atoms with Crippen LogP contribution in [0.3, 0.4) is 0 Å². The van der Waals surface area contributed by atoms with E-state index < -0.39 is 0 Å². The minimum atomic E-state index is 0.0155. The maximum absolute atomic E-state index is 10.1. The molecule has 0 atom stereocenters. The van der Waals surface area contributed by atoms with Crippen LogP contribution < -0.4 is 0 Å². The number of nitrogens with zero attached hydrogens (tertiary/aromatic N) is 1. The molecule has 0 radical (unpaired) electrons. The lowest BCUT2D eigenvalue weighted by atomic mass is 9.97. The van der Waals surface area contributed by atoms with E-state index in [0.29, 0.717) is 16.8 Å². The summed E-state index contributed by atoms with van der Waals surface area (Å²) in [4.78, 5) is 0. The van der Waals surface area contributed by atoms with Gasteiger partial charge in [0.25, 0.3) is 0 Å². The van der Waals surface area contributed by atoms with Gasteiger partial charge < -0.3 is 10.2 Å². The smallest absolute Gasteiger partial charge is 0.128 e. The molecule has 3 N–H and O–H groups in total. The van der Waals surface area contributed by atoms with Gasteiger partial charge in [0.1, 0.15) is 17.2 Å². The zero-order chi connectivity index (χ0) is 15.0. The van der Waals surface area contributed by atoms with Crippen molar-refractivity contribution in [1.29, 1.82) is 0 Å². The Morgan fingerprint density at radius 3 is 2.38 bits per heavy atom. The normalized spacial score (nSPS) is 10.8. The highest BCUT2D eigenvalue weighted by molar-refractivity contribution is 5.85. The summed E-state index contributed by atoms with van der Waals surface area (Å²) >= 11 is 0. The summed E-state index contributed by atoms with van der Waals surface area (Å²) in [6, 6.07) is 13.0. The zero-order valence-corrected chi connectivity index (χ0v) is 11.9. The molecular formula is C17H16N2O2. The van der Waals surface area contributed by atoms with E-state index in [-0.39, 0.29) is 11.5 Å². The molecule has 1 heterocycles. The topological polar surface area (TPSA) is 69.1 Å². The van der Waals surface area contributed by atoms with Crippen molar-refractivity contribution in [2.45, 2.75) is 13.8 Å². The van der Waals surface area contributed by atoms with Crippen LogP contribution in [0.2, 0.25) is 0 Å². The fourth-order valence-corrected chi connectivity index (χ4v) is 2.46. The van der Waals surface area contributed by atoms with Gasteiger partial charge in [0, 0.05) is 22.9 Å². The third kappa shape index (κ3) is 2.25. The predicted molar refractivity (Wildman–Crippen MR) is 82.3 cm³/mol. The van der Waals surface area contributed by atoms with Crippen LogP contribution in [0.4, 0.5) is 0 Å². The van der Waals surface area contributed by atoms with E-state index in [9.17, 15) is 10.2 Å². The maximum Gasteiger partial charge on any atom is 0.128 e. The predicted octanol–water partition coefficient (Wildman–Crippen LogP) is 3.77. The van der Waals surface area contributed by atoms with Gasteiger partial charge >= 0.3 is 0 Å². The van der Waals surface area contributed by atoms with Gasteiger partial charge in [0.15, 0.2) is 0 Å². The molecule has 0 aliphatic heterocycles. The summed E-state index contributed by atoms with van der Waals surface area (Å²) in [7, 11) is 0. The van der Waals surface area contributed by atoms with Crippen molar-refractivity contribution in [3.05, 3.63) is 53.7 Å². The summed E-state index contributed by atoms with van der Waals surface area (Å²) in [5, 5.41) is 27.1. The number of phenolic OH excluding ortho intramolecular Hbond substituents is 2. The summed E-state index contributed by atoms with van der Waals surface area (Å²) < 4.78 is 0. The monoisotopic (exact) mass is 280 g/mol. The van der Waals surface area contributed by atoms with Crippen LogP contribution in [-0.2, 0) is 0 Å². The Morgan fingerprint density at radius 1 is 0.952 bits per heavy atom. The standard InChI is InChI=1S/C17H16N2O2/c1-10-8-13(15(21)9-14(10)20)17-16(11(2)18-19-17)12-6-4-3-5-7-12/h3-9,20-21H,1-2H3,(H,18,19). The second-order valence-electron chi connectivity index (χ2n) is 5.09. The lowest BCUT2D eigenvalue weighted by molar-refractivity contribution is 0.449. The minimum absolute atomic E-state index is 0.0155. The molecule has 4 heteroatoms. The first kappa shape index (κ1) is 13.2. The molecule has 0 aliphatic rings. The third-order valence-electron chi connectivity index (χ3n) is 3.58. The van der Waals surface area contributed by atoms with Crippen molar-refractivity contribution in [1.82, 2.24) is 10.2 Å². The van der Waals surface area contributed by atoms with Crippen molar-refractivity contribution in [2.75, 3.05) is 0 Å². The van der Waals surface area contributed by atoms with Crippen LogP contribution >= 0.6 is 0 Å². The third-order valence-corrected chi connectivity index (χ3v) is 3.58. The molecule has 0 spiro atoms. The molecular weight excluding hydrogens is 264 g/mol. The average molecular weight is 280 g/mol. The van der Waals surface area contributed by atoms with Crippen LogP contribution in [0.25, 0.3) is 22.4 Å². The SMILES string of the molecule is Cc1cc(-c2n[nH]c(C)c2-c2ccccc2)c(O)cc1O. The lowest BCUT2D eigenvalue weighted by Gasteiger charge is -2.08. The van der Waals surface area contributed by atoms with Crippen molar-refractivity contribution in [2.24, 2.45) is 0 Å². The summed E-state index contributed by atoms with van der Waals surface area (Å²) in [6.07, 6.45) is 0. The minimum Gasteiger partial charge on any atom is -0.508 e. The Kier molecular flexibility index (Phi) is 3.14. The van der Waals surface area contributed by atoms with E-state index in [1.165, 1.54) is 6.07 Å². The van der Waals surface area contributed by atoms with Crippen molar-refractivity contribution in [3.63, 3.8) is 0 Å². The second-order valence-corrected chi connectivity index (χ2v) is 5.09. The number of rotatable bonds is 2. The van der Waals surface area contributed by atoms with Gasteiger partial charge in [-0.05, 0) is 31.0 Å². The van der Waals surface area contributed by atoms with Crippen LogP contribution in [0.1, 0.15) is 11.3 Å². The molecule has 2 aromatic carbocycles. The molecule has 0 bridgehead atoms. The van der Waals surface area contributed by atoms with E-state index >= 15 is 0 Å². The molecule has 106 valence electrons. The first-order chi connectivity index (χ1) is 10.1. The molecule has 4 nitrogen and oxygen atoms in total. The van der Waals surface area contributed by atoms with Gasteiger partial charge in [-0.3, -0.25) is 5.10 Å². The molecule has 0 saturated carbocycles. The van der Waals surface area contributed by atoms with Gasteiger partial charge in [0.05, 0.1) is 0 Å². The summed E-state index contributed by atoms with van der Waals surface area (Å²) in [6.45, 7) is 3.74. The summed E-state index contributed by atoms with van der Waals surface area (Å²) in [5.74, 6) is 0.0894. The Morgan fingerprint density at radius 2 is 1.67 bits per heavy atom. The highest BCUT2D eigenvalue weighted by Crippen LogP contribution is 2.39. The number of aromatic amines is 1. The number of hydrogen-bond acceptors (Lipinski definition) is 3. The van der Waals surface area contributed by atoms with Crippen LogP contribution in [0.5, 0.6) is 11.5 Å². The van der Waals surface area contributed by atoms with E-state index in [1.807, 2.05) is 37.3 Å². The van der Waals surface area contributed by atoms with Gasteiger partial charge in [-0.15, -0.1) is 0 Å². The molecule has 21 heavy (non-hydrogen) atoms. The molecule has 3 rings (SSSR count). The lowest BCUT2D eigenvalue weighted by Crippen LogP contribution is -1.87. The molecule has 1 aromatic heterocycles. The van der Waals surface area contributed by atoms with Crippen molar-refractivity contribution < 1.29 is 10.2 Å². The number of nitrogens with one attached hydrogen (secondary N) is 1. The van der Waals surface area contributed by atoms with E-state index in [4.69, 9.17) is 0 Å². The van der Waals surface area contributed by atoms with E-state index in [0.717, 1.165) is 16.8 Å². The first-order valence-electron chi connectivity index (χ1n) is 6.71. The van der Waals surface area contributed by atoms with Gasteiger partial charge in [0.2, 0.25) is 0 Å². The van der Waals surface area contributed by atoms with Crippen LogP contribution in [0, 0.1) is 13.8 Å². The maximum atomic E-state index is 10.1. The molecule has 0 amide bonds. The van der Waals surface area contributed by atoms with Crippen LogP contribution in [-0.4, -0.2) is 20.4 Å². The average Bonchev–Trinajstić information content (AvgIpc) is 2.85. The number of aromatic nitrogens is 2. The van der Waals surface area contributed by atoms with Gasteiger partial charge in [-0.1, -0.05) is 30.3 Å². The Balaban J connectivity index is 2.24. The largest absolute Gasteiger partial charge is 0.508 e. The summed E-state index contributed by atoms with van der Waals surface area (Å²) in [5.41, 5.74) is 4.90. The molecule has 3 aromatic rings. The van der Waals surface area contributed by atoms with E-state index in [1.54, 1.807) is 13.0 Å². The van der Waals surface area contributed by atoms with Crippen molar-refractivity contribution >= 4 is 0 Å². The Labute approximate surface area is 122 Å². The number of aryl methyl sites for hydroxylation is 2. The first-order valence-corrected chi connectivity index (χ1v) is 6.71. The molecule has 0 fully saturated rings. The van der Waals surface area contributed by atoms with Crippen molar-refractivity contribution in [3.8, 4) is 33.9 Å². The number of hydrogen-bond donors (Lipinski definition) is 3. The number of phenols is 2. The van der Waals surface area contributed by atoms with Gasteiger partial charge in [-0.2, -0.15) is 5.10 Å².